The maximum Gasteiger partial charge on any atom is 0.185 e. The summed E-state index contributed by atoms with van der Waals surface area (Å²) in [5.41, 5.74) is 3.69. The fourth-order valence-electron chi connectivity index (χ4n) is 2.76. The number of hydrogen-bond acceptors (Lipinski definition) is 3. The average Bonchev–Trinajstić information content (AvgIpc) is 2.59. The normalized spacial score (nSPS) is 13.1. The van der Waals surface area contributed by atoms with Crippen molar-refractivity contribution in [1.82, 2.24) is 0 Å². The maximum absolute atomic E-state index is 12.0. The zero-order valence-electron chi connectivity index (χ0n) is 13.7. The monoisotopic (exact) mass is 334 g/mol. The molecule has 0 saturated carbocycles. The van der Waals surface area contributed by atoms with Gasteiger partial charge in [-0.15, -0.1) is 0 Å². The van der Waals surface area contributed by atoms with Gasteiger partial charge in [0.2, 0.25) is 0 Å². The lowest BCUT2D eigenvalue weighted by atomic mass is 9.98. The first kappa shape index (κ1) is 16.5. The second kappa shape index (κ2) is 7.02. The van der Waals surface area contributed by atoms with Crippen molar-refractivity contribution in [1.29, 1.82) is 0 Å². The van der Waals surface area contributed by atoms with Gasteiger partial charge in [0.1, 0.15) is 0 Å². The van der Waals surface area contributed by atoms with E-state index in [2.05, 4.69) is 0 Å². The summed E-state index contributed by atoms with van der Waals surface area (Å²) >= 11 is 1.69. The topological polar surface area (TPSA) is 34.1 Å². The molecule has 0 saturated heterocycles. The number of allylic oxidation sites excluding steroid dienone is 4. The van der Waals surface area contributed by atoms with Crippen molar-refractivity contribution >= 4 is 23.3 Å². The lowest BCUT2D eigenvalue weighted by molar-refractivity contribution is 0.103. The van der Waals surface area contributed by atoms with Gasteiger partial charge in [0.25, 0.3) is 0 Å². The number of hydrogen-bond donors (Lipinski definition) is 0. The summed E-state index contributed by atoms with van der Waals surface area (Å²) in [6.07, 6.45) is 7.42. The van der Waals surface area contributed by atoms with Crippen molar-refractivity contribution in [3.05, 3.63) is 83.0 Å². The molecule has 2 aromatic rings. The van der Waals surface area contributed by atoms with Crippen LogP contribution in [0.25, 0.3) is 0 Å². The summed E-state index contributed by atoms with van der Waals surface area (Å²) in [5.74, 6) is 0.0428. The van der Waals surface area contributed by atoms with Crippen molar-refractivity contribution in [2.24, 2.45) is 0 Å². The molecule has 24 heavy (non-hydrogen) atoms. The maximum atomic E-state index is 12.0. The minimum absolute atomic E-state index is 0.0214. The Morgan fingerprint density at radius 2 is 1.29 bits per heavy atom. The van der Waals surface area contributed by atoms with Gasteiger partial charge in [-0.1, -0.05) is 23.9 Å². The van der Waals surface area contributed by atoms with E-state index in [-0.39, 0.29) is 11.6 Å². The molecule has 3 heteroatoms. The van der Waals surface area contributed by atoms with Crippen LogP contribution < -0.4 is 0 Å². The van der Waals surface area contributed by atoms with Gasteiger partial charge >= 0.3 is 0 Å². The summed E-state index contributed by atoms with van der Waals surface area (Å²) in [5, 5.41) is 0. The molecule has 1 heterocycles. The first-order valence-electron chi connectivity index (χ1n) is 7.90. The van der Waals surface area contributed by atoms with E-state index in [4.69, 9.17) is 0 Å². The molecule has 1 aliphatic rings. The Bertz CT molecular complexity index is 804. The van der Waals surface area contributed by atoms with Gasteiger partial charge in [-0.2, -0.15) is 0 Å². The van der Waals surface area contributed by atoms with Crippen molar-refractivity contribution < 1.29 is 9.59 Å². The number of fused-ring (bicyclic) bond motifs is 2. The van der Waals surface area contributed by atoms with Crippen LogP contribution in [0.2, 0.25) is 0 Å². The van der Waals surface area contributed by atoms with E-state index in [1.807, 2.05) is 50.2 Å². The highest BCUT2D eigenvalue weighted by Crippen LogP contribution is 2.40. The fourth-order valence-corrected chi connectivity index (χ4v) is 3.79. The minimum atomic E-state index is 0.0214. The standard InChI is InChI=1S/C21H18O2S/c1-3-5-18(22)14-7-9-20-16(11-14)13-17-12-15(19(23)6-4-2)8-10-21(17)24-20/h3-12H,13H2,1-2H3. The molecule has 0 aliphatic carbocycles. The van der Waals surface area contributed by atoms with Gasteiger partial charge in [0, 0.05) is 20.9 Å². The molecular formula is C21H18O2S. The third-order valence-corrected chi connectivity index (χ3v) is 5.16. The Balaban J connectivity index is 1.94. The van der Waals surface area contributed by atoms with Gasteiger partial charge in [-0.25, -0.2) is 0 Å². The highest BCUT2D eigenvalue weighted by atomic mass is 32.2. The number of ketones is 2. The molecule has 0 spiro atoms. The quantitative estimate of drug-likeness (QED) is 0.482. The number of rotatable bonds is 4. The Kier molecular flexibility index (Phi) is 4.81. The first-order valence-corrected chi connectivity index (χ1v) is 8.71. The fraction of sp³-hybridized carbons (Fsp3) is 0.143. The highest BCUT2D eigenvalue weighted by Gasteiger charge is 2.18. The van der Waals surface area contributed by atoms with Gasteiger partial charge < -0.3 is 0 Å². The van der Waals surface area contributed by atoms with E-state index in [0.717, 1.165) is 17.5 Å². The van der Waals surface area contributed by atoms with Crippen LogP contribution in [-0.4, -0.2) is 11.6 Å². The molecule has 120 valence electrons. The van der Waals surface area contributed by atoms with Crippen LogP contribution in [0.4, 0.5) is 0 Å². The number of carbonyl (C=O) groups excluding carboxylic acids is 2. The molecule has 0 N–H and O–H groups in total. The third kappa shape index (κ3) is 3.26. The summed E-state index contributed by atoms with van der Waals surface area (Å²) in [7, 11) is 0. The van der Waals surface area contributed by atoms with Gasteiger partial charge in [0.05, 0.1) is 0 Å². The van der Waals surface area contributed by atoms with E-state index < -0.39 is 0 Å². The van der Waals surface area contributed by atoms with Crippen LogP contribution in [0.15, 0.2) is 70.5 Å². The molecule has 2 aromatic carbocycles. The van der Waals surface area contributed by atoms with E-state index in [0.29, 0.717) is 11.1 Å². The summed E-state index contributed by atoms with van der Waals surface area (Å²) in [4.78, 5) is 26.4. The first-order chi connectivity index (χ1) is 11.6. The molecular weight excluding hydrogens is 316 g/mol. The Morgan fingerprint density at radius 1 is 0.833 bits per heavy atom. The SMILES string of the molecule is CC=CC(=O)c1ccc2c(c1)Cc1cc(C(=O)C=CC)ccc1S2. The molecule has 0 radical (unpaired) electrons. The van der Waals surface area contributed by atoms with Gasteiger partial charge in [0.15, 0.2) is 11.6 Å². The zero-order chi connectivity index (χ0) is 17.1. The Morgan fingerprint density at radius 3 is 1.71 bits per heavy atom. The van der Waals surface area contributed by atoms with Crippen LogP contribution in [0.5, 0.6) is 0 Å². The average molecular weight is 334 g/mol. The molecule has 2 nitrogen and oxygen atoms in total. The summed E-state index contributed by atoms with van der Waals surface area (Å²) in [6.45, 7) is 3.68. The smallest absolute Gasteiger partial charge is 0.185 e. The molecule has 0 fully saturated rings. The minimum Gasteiger partial charge on any atom is -0.289 e. The van der Waals surface area contributed by atoms with Crippen molar-refractivity contribution in [3.8, 4) is 0 Å². The second-order valence-corrected chi connectivity index (χ2v) is 6.74. The zero-order valence-corrected chi connectivity index (χ0v) is 14.5. The lowest BCUT2D eigenvalue weighted by Gasteiger charge is -2.20. The van der Waals surface area contributed by atoms with E-state index in [1.54, 1.807) is 36.1 Å². The van der Waals surface area contributed by atoms with Crippen LogP contribution >= 0.6 is 11.8 Å². The van der Waals surface area contributed by atoms with Gasteiger partial charge in [-0.3, -0.25) is 9.59 Å². The molecule has 0 amide bonds. The van der Waals surface area contributed by atoms with E-state index >= 15 is 0 Å². The predicted molar refractivity (Wildman–Crippen MR) is 98.1 cm³/mol. The number of benzene rings is 2. The van der Waals surface area contributed by atoms with E-state index in [9.17, 15) is 9.59 Å². The van der Waals surface area contributed by atoms with Crippen molar-refractivity contribution in [2.45, 2.75) is 30.1 Å². The van der Waals surface area contributed by atoms with Gasteiger partial charge in [-0.05, 0) is 79.9 Å². The summed E-state index contributed by atoms with van der Waals surface area (Å²) < 4.78 is 0. The summed E-state index contributed by atoms with van der Waals surface area (Å²) in [6, 6.07) is 11.7. The van der Waals surface area contributed by atoms with Crippen LogP contribution in [0.1, 0.15) is 45.7 Å². The molecule has 0 unspecified atom stereocenters. The molecule has 1 aliphatic heterocycles. The largest absolute Gasteiger partial charge is 0.289 e. The molecule has 0 aromatic heterocycles. The predicted octanol–water partition coefficient (Wildman–Crippen LogP) is 5.26. The van der Waals surface area contributed by atoms with Crippen LogP contribution in [0.3, 0.4) is 0 Å². The Labute approximate surface area is 146 Å². The van der Waals surface area contributed by atoms with Crippen LogP contribution in [-0.2, 0) is 6.42 Å². The lowest BCUT2D eigenvalue weighted by Crippen LogP contribution is -2.05. The van der Waals surface area contributed by atoms with Crippen molar-refractivity contribution in [3.63, 3.8) is 0 Å². The molecule has 0 bridgehead atoms. The number of carbonyl (C=O) groups is 2. The highest BCUT2D eigenvalue weighted by molar-refractivity contribution is 7.99. The van der Waals surface area contributed by atoms with E-state index in [1.165, 1.54) is 9.79 Å². The Hall–Kier alpha value is -2.39. The second-order valence-electron chi connectivity index (χ2n) is 5.65. The van der Waals surface area contributed by atoms with Crippen molar-refractivity contribution in [2.75, 3.05) is 0 Å². The van der Waals surface area contributed by atoms with Crippen LogP contribution in [0, 0.1) is 0 Å². The molecule has 3 rings (SSSR count). The third-order valence-electron chi connectivity index (χ3n) is 3.93. The molecule has 0 atom stereocenters.